The number of piperidine rings is 1. The molecule has 8 heteroatoms. The van der Waals surface area contributed by atoms with E-state index in [1.807, 2.05) is 35.0 Å². The van der Waals surface area contributed by atoms with Gasteiger partial charge in [-0.15, -0.1) is 0 Å². The lowest BCUT2D eigenvalue weighted by molar-refractivity contribution is -0.146. The van der Waals surface area contributed by atoms with E-state index in [0.717, 1.165) is 29.4 Å². The van der Waals surface area contributed by atoms with Crippen LogP contribution in [0.4, 0.5) is 0 Å². The number of halogens is 1. The Morgan fingerprint density at radius 3 is 3.00 bits per heavy atom. The smallest absolute Gasteiger partial charge is 0.308 e. The zero-order chi connectivity index (χ0) is 24.1. The number of carbonyl (C=O) groups is 1. The van der Waals surface area contributed by atoms with Gasteiger partial charge in [0.1, 0.15) is 5.75 Å². The first kappa shape index (κ1) is 24.5. The SMILES string of the molecule is COc1ccc2ncc(Cl)c(C(O)CCC3CCN(CC#Cc4ccsc4)CC3C(=O)O)c2c1. The molecule has 0 saturated carbocycles. The van der Waals surface area contributed by atoms with Crippen LogP contribution in [0, 0.1) is 23.7 Å². The molecule has 2 N–H and O–H groups in total. The van der Waals surface area contributed by atoms with E-state index in [0.29, 0.717) is 42.3 Å². The molecule has 0 bridgehead atoms. The Kier molecular flexibility index (Phi) is 8.07. The zero-order valence-corrected chi connectivity index (χ0v) is 20.5. The van der Waals surface area contributed by atoms with Gasteiger partial charge in [0.05, 0.1) is 36.2 Å². The molecule has 0 amide bonds. The van der Waals surface area contributed by atoms with Crippen molar-refractivity contribution < 1.29 is 19.7 Å². The molecule has 1 saturated heterocycles. The molecule has 1 aliphatic heterocycles. The first-order valence-electron chi connectivity index (χ1n) is 11.2. The van der Waals surface area contributed by atoms with E-state index < -0.39 is 18.0 Å². The number of ether oxygens (including phenoxy) is 1. The number of aromatic nitrogens is 1. The summed E-state index contributed by atoms with van der Waals surface area (Å²) in [6.07, 6.45) is 2.49. The van der Waals surface area contributed by atoms with Crippen LogP contribution in [-0.4, -0.2) is 52.8 Å². The Labute approximate surface area is 208 Å². The van der Waals surface area contributed by atoms with Gasteiger partial charge in [0, 0.05) is 34.6 Å². The van der Waals surface area contributed by atoms with Crippen LogP contribution < -0.4 is 4.74 Å². The first-order chi connectivity index (χ1) is 16.5. The summed E-state index contributed by atoms with van der Waals surface area (Å²) in [5, 5.41) is 26.0. The number of likely N-dealkylation sites (tertiary alicyclic amines) is 1. The number of aliphatic hydroxyl groups is 1. The third-order valence-corrected chi connectivity index (χ3v) is 7.41. The highest BCUT2D eigenvalue weighted by Gasteiger charge is 2.34. The molecule has 178 valence electrons. The van der Waals surface area contributed by atoms with Gasteiger partial charge in [0.25, 0.3) is 0 Å². The molecule has 3 aromatic rings. The van der Waals surface area contributed by atoms with E-state index in [2.05, 4.69) is 21.7 Å². The minimum atomic E-state index is -0.825. The van der Waals surface area contributed by atoms with Crippen molar-refractivity contribution in [3.63, 3.8) is 0 Å². The van der Waals surface area contributed by atoms with Crippen molar-refractivity contribution in [3.05, 3.63) is 57.4 Å². The molecule has 34 heavy (non-hydrogen) atoms. The number of fused-ring (bicyclic) bond motifs is 1. The minimum Gasteiger partial charge on any atom is -0.497 e. The fourth-order valence-corrected chi connectivity index (χ4v) is 5.44. The van der Waals surface area contributed by atoms with Gasteiger partial charge in [-0.25, -0.2) is 0 Å². The molecular formula is C26H27ClN2O4S. The Hall–Kier alpha value is -2.63. The highest BCUT2D eigenvalue weighted by Crippen LogP contribution is 2.36. The fraction of sp³-hybridized carbons (Fsp3) is 0.385. The number of thiophene rings is 1. The highest BCUT2D eigenvalue weighted by atomic mass is 35.5. The lowest BCUT2D eigenvalue weighted by Crippen LogP contribution is -2.44. The Morgan fingerprint density at radius 1 is 1.41 bits per heavy atom. The van der Waals surface area contributed by atoms with Crippen molar-refractivity contribution in [1.82, 2.24) is 9.88 Å². The summed E-state index contributed by atoms with van der Waals surface area (Å²) in [7, 11) is 1.58. The maximum Gasteiger partial charge on any atom is 0.308 e. The van der Waals surface area contributed by atoms with Crippen LogP contribution in [0.15, 0.2) is 41.2 Å². The van der Waals surface area contributed by atoms with Crippen LogP contribution in [0.25, 0.3) is 10.9 Å². The molecule has 3 heterocycles. The fourth-order valence-electron chi connectivity index (χ4n) is 4.58. The number of rotatable bonds is 7. The largest absolute Gasteiger partial charge is 0.497 e. The van der Waals surface area contributed by atoms with Crippen LogP contribution in [-0.2, 0) is 4.79 Å². The number of methoxy groups -OCH3 is 1. The number of nitrogens with zero attached hydrogens (tertiary/aromatic N) is 2. The molecule has 6 nitrogen and oxygen atoms in total. The van der Waals surface area contributed by atoms with E-state index in [-0.39, 0.29) is 5.92 Å². The van der Waals surface area contributed by atoms with E-state index in [1.165, 1.54) is 0 Å². The van der Waals surface area contributed by atoms with Gasteiger partial charge in [0.2, 0.25) is 0 Å². The molecule has 4 rings (SSSR count). The summed E-state index contributed by atoms with van der Waals surface area (Å²) >= 11 is 8.03. The van der Waals surface area contributed by atoms with Crippen LogP contribution in [0.2, 0.25) is 5.02 Å². The molecule has 0 spiro atoms. The van der Waals surface area contributed by atoms with Gasteiger partial charge < -0.3 is 14.9 Å². The Bertz CT molecular complexity index is 1200. The summed E-state index contributed by atoms with van der Waals surface area (Å²) < 4.78 is 5.32. The van der Waals surface area contributed by atoms with Crippen molar-refractivity contribution in [2.45, 2.75) is 25.4 Å². The van der Waals surface area contributed by atoms with Gasteiger partial charge in [-0.1, -0.05) is 23.4 Å². The Morgan fingerprint density at radius 2 is 2.26 bits per heavy atom. The maximum absolute atomic E-state index is 12.0. The molecular weight excluding hydrogens is 472 g/mol. The summed E-state index contributed by atoms with van der Waals surface area (Å²) in [5.74, 6) is 5.63. The molecule has 2 aromatic heterocycles. The van der Waals surface area contributed by atoms with Crippen LogP contribution in [0.3, 0.4) is 0 Å². The molecule has 1 fully saturated rings. The first-order valence-corrected chi connectivity index (χ1v) is 12.5. The molecule has 1 aliphatic rings. The average molecular weight is 499 g/mol. The Balaban J connectivity index is 1.42. The predicted octanol–water partition coefficient (Wildman–Crippen LogP) is 4.85. The molecule has 3 atom stereocenters. The summed E-state index contributed by atoms with van der Waals surface area (Å²) in [4.78, 5) is 18.5. The molecule has 3 unspecified atom stereocenters. The van der Waals surface area contributed by atoms with Crippen LogP contribution in [0.5, 0.6) is 5.75 Å². The number of pyridine rings is 1. The van der Waals surface area contributed by atoms with Crippen LogP contribution in [0.1, 0.15) is 36.5 Å². The normalized spacial score (nSPS) is 19.4. The summed E-state index contributed by atoms with van der Waals surface area (Å²) in [6, 6.07) is 7.44. The van der Waals surface area contributed by atoms with E-state index in [4.69, 9.17) is 16.3 Å². The number of hydrogen-bond donors (Lipinski definition) is 2. The van der Waals surface area contributed by atoms with Crippen molar-refractivity contribution >= 4 is 39.8 Å². The average Bonchev–Trinajstić information content (AvgIpc) is 3.36. The van der Waals surface area contributed by atoms with Crippen molar-refractivity contribution in [2.75, 3.05) is 26.7 Å². The van der Waals surface area contributed by atoms with Gasteiger partial charge in [-0.2, -0.15) is 11.3 Å². The van der Waals surface area contributed by atoms with Crippen molar-refractivity contribution in [1.29, 1.82) is 0 Å². The highest BCUT2D eigenvalue weighted by molar-refractivity contribution is 7.08. The molecule has 0 aliphatic carbocycles. The van der Waals surface area contributed by atoms with E-state index in [9.17, 15) is 15.0 Å². The summed E-state index contributed by atoms with van der Waals surface area (Å²) in [5.41, 5.74) is 2.32. The topological polar surface area (TPSA) is 82.9 Å². The lowest BCUT2D eigenvalue weighted by Gasteiger charge is -2.36. The predicted molar refractivity (Wildman–Crippen MR) is 134 cm³/mol. The second-order valence-electron chi connectivity index (χ2n) is 8.54. The number of hydrogen-bond acceptors (Lipinski definition) is 6. The number of benzene rings is 1. The monoisotopic (exact) mass is 498 g/mol. The van der Waals surface area contributed by atoms with E-state index in [1.54, 1.807) is 24.6 Å². The molecule has 0 radical (unpaired) electrons. The third-order valence-electron chi connectivity index (χ3n) is 6.43. The van der Waals surface area contributed by atoms with Crippen molar-refractivity contribution in [3.8, 4) is 17.6 Å². The van der Waals surface area contributed by atoms with E-state index >= 15 is 0 Å². The lowest BCUT2D eigenvalue weighted by atomic mass is 9.81. The van der Waals surface area contributed by atoms with Gasteiger partial charge in [-0.3, -0.25) is 14.7 Å². The minimum absolute atomic E-state index is 0.0188. The quantitative estimate of drug-likeness (QED) is 0.453. The number of carboxylic acid groups (broad SMARTS) is 1. The summed E-state index contributed by atoms with van der Waals surface area (Å²) in [6.45, 7) is 1.80. The van der Waals surface area contributed by atoms with Crippen molar-refractivity contribution in [2.24, 2.45) is 11.8 Å². The zero-order valence-electron chi connectivity index (χ0n) is 18.9. The van der Waals surface area contributed by atoms with Crippen LogP contribution >= 0.6 is 22.9 Å². The second kappa shape index (κ2) is 11.2. The standard InChI is InChI=1S/C26H27ClN2O4S/c1-33-19-5-6-23-20(13-19)25(22(27)14-28-23)24(30)7-4-18-8-11-29(15-21(18)26(31)32)10-2-3-17-9-12-34-16-17/h5-6,9,12-14,16,18,21,24,30H,4,7-8,10-11,15H2,1H3,(H,31,32). The second-order valence-corrected chi connectivity index (χ2v) is 9.73. The van der Waals surface area contributed by atoms with Gasteiger partial charge >= 0.3 is 5.97 Å². The number of aliphatic carboxylic acids is 1. The van der Waals surface area contributed by atoms with Gasteiger partial charge in [-0.05, 0) is 61.4 Å². The third kappa shape index (κ3) is 5.70. The number of carboxylic acids is 1. The molecule has 1 aromatic carbocycles. The van der Waals surface area contributed by atoms with Gasteiger partial charge in [0.15, 0.2) is 0 Å². The maximum atomic E-state index is 12.0. The number of aliphatic hydroxyl groups excluding tert-OH is 1.